The van der Waals surface area contributed by atoms with Gasteiger partial charge in [0.25, 0.3) is 5.91 Å². The lowest BCUT2D eigenvalue weighted by atomic mass is 10.0. The number of carbonyl (C=O) groups is 1. The molecule has 1 aliphatic rings. The predicted molar refractivity (Wildman–Crippen MR) is 101 cm³/mol. The van der Waals surface area contributed by atoms with Gasteiger partial charge in [-0.1, -0.05) is 6.07 Å². The van der Waals surface area contributed by atoms with Crippen LogP contribution in [0.4, 0.5) is 14.5 Å². The Hall–Kier alpha value is -2.36. The molecule has 150 valence electrons. The highest BCUT2D eigenvalue weighted by Crippen LogP contribution is 2.27. The minimum Gasteiger partial charge on any atom is -0.755 e. The molecule has 1 aliphatic heterocycles. The molecule has 0 saturated carbocycles. The monoisotopic (exact) mass is 408 g/mol. The minimum atomic E-state index is -2.42. The van der Waals surface area contributed by atoms with E-state index in [9.17, 15) is 22.3 Å². The predicted octanol–water partition coefficient (Wildman–Crippen LogP) is 2.69. The van der Waals surface area contributed by atoms with E-state index < -0.39 is 28.9 Å². The lowest BCUT2D eigenvalue weighted by molar-refractivity contribution is 0.0576. The molecule has 0 spiro atoms. The molecule has 0 aromatic heterocycles. The number of carbonyl (C=O) groups excluding carboxylic acids is 1. The topological polar surface area (TPSA) is 75.7 Å². The zero-order valence-electron chi connectivity index (χ0n) is 15.2. The number of piperazine rings is 1. The molecule has 3 rings (SSSR count). The number of nitrogens with zero attached hydrogens (tertiary/aromatic N) is 2. The largest absolute Gasteiger partial charge is 0.755 e. The van der Waals surface area contributed by atoms with Gasteiger partial charge in [-0.25, -0.2) is 8.78 Å². The fraction of sp³-hybridized carbons (Fsp3) is 0.316. The van der Waals surface area contributed by atoms with Crippen LogP contribution in [0.3, 0.4) is 0 Å². The van der Waals surface area contributed by atoms with Gasteiger partial charge in [0.15, 0.2) is 0 Å². The van der Waals surface area contributed by atoms with Crippen molar-refractivity contribution in [2.75, 3.05) is 30.9 Å². The summed E-state index contributed by atoms with van der Waals surface area (Å²) < 4.78 is 51.5. The van der Waals surface area contributed by atoms with Crippen molar-refractivity contribution in [1.29, 1.82) is 0 Å². The number of amides is 1. The van der Waals surface area contributed by atoms with Crippen LogP contribution in [0, 0.1) is 11.6 Å². The van der Waals surface area contributed by atoms with Crippen molar-refractivity contribution >= 4 is 22.9 Å². The van der Waals surface area contributed by atoms with Crippen LogP contribution in [0.5, 0.6) is 0 Å². The summed E-state index contributed by atoms with van der Waals surface area (Å²) in [7, 11) is 0. The summed E-state index contributed by atoms with van der Waals surface area (Å²) in [4.78, 5) is 16.3. The van der Waals surface area contributed by atoms with Crippen LogP contribution in [-0.2, 0) is 11.3 Å². The number of anilines is 1. The van der Waals surface area contributed by atoms with Crippen LogP contribution in [0.2, 0.25) is 0 Å². The van der Waals surface area contributed by atoms with Crippen LogP contribution in [0.1, 0.15) is 28.9 Å². The SMILES string of the molecule is CC(c1c(F)cccc1F)N1CCN(C(=O)c2ccc(NS(=O)[O-])cc2)CC1. The fourth-order valence-corrected chi connectivity index (χ4v) is 3.69. The third-order valence-electron chi connectivity index (χ3n) is 4.90. The van der Waals surface area contributed by atoms with Gasteiger partial charge in [-0.05, 0) is 43.3 Å². The van der Waals surface area contributed by atoms with Gasteiger partial charge in [-0.2, -0.15) is 0 Å². The van der Waals surface area contributed by atoms with Gasteiger partial charge in [-0.15, -0.1) is 0 Å². The highest BCUT2D eigenvalue weighted by atomic mass is 32.2. The lowest BCUT2D eigenvalue weighted by Gasteiger charge is -2.38. The standard InChI is InChI=1S/C19H21F2N3O3S/c1-13(18-16(20)3-2-4-17(18)21)23-9-11-24(12-10-23)19(25)14-5-7-15(8-6-14)22-28(26)27/h2-8,13,22H,9-12H2,1H3,(H,26,27)/p-1. The number of benzene rings is 2. The van der Waals surface area contributed by atoms with Gasteiger partial charge in [0.2, 0.25) is 0 Å². The maximum atomic E-state index is 14.0. The first-order valence-electron chi connectivity index (χ1n) is 8.80. The van der Waals surface area contributed by atoms with Crippen LogP contribution >= 0.6 is 0 Å². The van der Waals surface area contributed by atoms with Gasteiger partial charge < -0.3 is 14.2 Å². The van der Waals surface area contributed by atoms with Crippen molar-refractivity contribution in [2.45, 2.75) is 13.0 Å². The van der Waals surface area contributed by atoms with Crippen molar-refractivity contribution in [3.8, 4) is 0 Å². The molecule has 28 heavy (non-hydrogen) atoms. The van der Waals surface area contributed by atoms with Gasteiger partial charge >= 0.3 is 0 Å². The lowest BCUT2D eigenvalue weighted by Crippen LogP contribution is -2.49. The van der Waals surface area contributed by atoms with E-state index in [1.54, 1.807) is 24.0 Å². The molecule has 9 heteroatoms. The van der Waals surface area contributed by atoms with E-state index in [1.165, 1.54) is 30.3 Å². The molecule has 0 radical (unpaired) electrons. The first-order chi connectivity index (χ1) is 13.4. The summed E-state index contributed by atoms with van der Waals surface area (Å²) in [6.07, 6.45) is 0. The number of hydrogen-bond acceptors (Lipinski definition) is 4. The van der Waals surface area contributed by atoms with Crippen LogP contribution in [0.15, 0.2) is 42.5 Å². The Morgan fingerprint density at radius 1 is 1.07 bits per heavy atom. The van der Waals surface area contributed by atoms with Crippen molar-refractivity contribution in [3.05, 3.63) is 65.2 Å². The average molecular weight is 408 g/mol. The molecule has 2 aromatic carbocycles. The van der Waals surface area contributed by atoms with E-state index in [2.05, 4.69) is 4.72 Å². The molecule has 0 aliphatic carbocycles. The second kappa shape index (κ2) is 8.76. The first kappa shape index (κ1) is 20.4. The third kappa shape index (κ3) is 4.54. The number of rotatable bonds is 5. The number of nitrogens with one attached hydrogen (secondary N) is 1. The second-order valence-electron chi connectivity index (χ2n) is 6.55. The molecule has 1 N–H and O–H groups in total. The third-order valence-corrected chi connectivity index (χ3v) is 5.30. The molecule has 2 unspecified atom stereocenters. The highest BCUT2D eigenvalue weighted by Gasteiger charge is 2.28. The Morgan fingerprint density at radius 3 is 2.18 bits per heavy atom. The van der Waals surface area contributed by atoms with Crippen molar-refractivity contribution < 1.29 is 22.3 Å². The van der Waals surface area contributed by atoms with E-state index in [0.717, 1.165) is 0 Å². The van der Waals surface area contributed by atoms with Crippen molar-refractivity contribution in [2.24, 2.45) is 0 Å². The van der Waals surface area contributed by atoms with Crippen molar-refractivity contribution in [3.63, 3.8) is 0 Å². The van der Waals surface area contributed by atoms with Crippen LogP contribution in [0.25, 0.3) is 0 Å². The highest BCUT2D eigenvalue weighted by molar-refractivity contribution is 7.80. The first-order valence-corrected chi connectivity index (χ1v) is 9.87. The van der Waals surface area contributed by atoms with E-state index >= 15 is 0 Å². The molecule has 2 aromatic rings. The molecule has 0 bridgehead atoms. The van der Waals surface area contributed by atoms with E-state index in [0.29, 0.717) is 37.4 Å². The molecular weight excluding hydrogens is 388 g/mol. The summed E-state index contributed by atoms with van der Waals surface area (Å²) in [5.74, 6) is -1.31. The Balaban J connectivity index is 1.62. The quantitative estimate of drug-likeness (QED) is 0.772. The summed E-state index contributed by atoms with van der Waals surface area (Å²) in [6.45, 7) is 3.61. The zero-order chi connectivity index (χ0) is 20.3. The summed E-state index contributed by atoms with van der Waals surface area (Å²) in [5.41, 5.74) is 0.862. The molecule has 1 amide bonds. The minimum absolute atomic E-state index is 0.0427. The Labute approximate surface area is 164 Å². The van der Waals surface area contributed by atoms with Crippen molar-refractivity contribution in [1.82, 2.24) is 9.80 Å². The number of hydrogen-bond donors (Lipinski definition) is 1. The van der Waals surface area contributed by atoms with E-state index in [-0.39, 0.29) is 11.5 Å². The normalized spacial score (nSPS) is 17.2. The molecule has 6 nitrogen and oxygen atoms in total. The molecule has 1 fully saturated rings. The zero-order valence-corrected chi connectivity index (χ0v) is 16.0. The average Bonchev–Trinajstić information content (AvgIpc) is 2.67. The maximum Gasteiger partial charge on any atom is 0.253 e. The second-order valence-corrected chi connectivity index (χ2v) is 7.23. The fourth-order valence-electron chi connectivity index (χ4n) is 3.36. The van der Waals surface area contributed by atoms with Crippen LogP contribution < -0.4 is 4.72 Å². The van der Waals surface area contributed by atoms with Gasteiger partial charge in [0.1, 0.15) is 11.6 Å². The Bertz CT molecular complexity index is 851. The Kier molecular flexibility index (Phi) is 6.38. The van der Waals surface area contributed by atoms with Gasteiger partial charge in [0.05, 0.1) is 0 Å². The smallest absolute Gasteiger partial charge is 0.253 e. The maximum absolute atomic E-state index is 14.0. The van der Waals surface area contributed by atoms with Crippen LogP contribution in [-0.4, -0.2) is 50.6 Å². The van der Waals surface area contributed by atoms with Gasteiger partial charge in [-0.3, -0.25) is 13.9 Å². The summed E-state index contributed by atoms with van der Waals surface area (Å²) in [5, 5.41) is 0. The molecule has 1 saturated heterocycles. The molecule has 2 atom stereocenters. The van der Waals surface area contributed by atoms with E-state index in [1.807, 2.05) is 4.90 Å². The number of halogens is 2. The molecule has 1 heterocycles. The summed E-state index contributed by atoms with van der Waals surface area (Å²) >= 11 is -2.42. The van der Waals surface area contributed by atoms with E-state index in [4.69, 9.17) is 0 Å². The van der Waals surface area contributed by atoms with Gasteiger partial charge in [0, 0.05) is 60.3 Å². The Morgan fingerprint density at radius 2 is 1.64 bits per heavy atom. The summed E-state index contributed by atoms with van der Waals surface area (Å²) in [6, 6.07) is 9.54. The molecular formula is C19H20F2N3O3S-.